The van der Waals surface area contributed by atoms with Crippen molar-refractivity contribution in [2.45, 2.75) is 17.5 Å². The van der Waals surface area contributed by atoms with Crippen LogP contribution in [0, 0.1) is 11.7 Å². The molecule has 0 saturated carbocycles. The topological polar surface area (TPSA) is 49.4 Å². The maximum Gasteiger partial charge on any atom is 0.250 e. The number of nitrogens with one attached hydrogen (secondary N) is 1. The van der Waals surface area contributed by atoms with Crippen LogP contribution in [-0.2, 0) is 10.3 Å². The summed E-state index contributed by atoms with van der Waals surface area (Å²) in [6.45, 7) is 0. The van der Waals surface area contributed by atoms with Gasteiger partial charge in [0.15, 0.2) is 5.78 Å². The molecule has 3 aliphatic rings. The first-order valence-corrected chi connectivity index (χ1v) is 12.8. The molecule has 172 valence electrons. The van der Waals surface area contributed by atoms with Gasteiger partial charge in [-0.05, 0) is 48.0 Å². The summed E-state index contributed by atoms with van der Waals surface area (Å²) in [5.41, 5.74) is 1.47. The fourth-order valence-corrected chi connectivity index (χ4v) is 7.80. The maximum absolute atomic E-state index is 14.3. The number of nitrogens with zero attached hydrogens (tertiary/aromatic N) is 1. The van der Waals surface area contributed by atoms with Crippen LogP contribution in [0.5, 0.6) is 0 Å². The van der Waals surface area contributed by atoms with Crippen LogP contribution in [0.1, 0.15) is 27.4 Å². The number of carbonyl (C=O) groups is 2. The number of fused-ring (bicyclic) bond motifs is 4. The molecule has 1 N–H and O–H groups in total. The summed E-state index contributed by atoms with van der Waals surface area (Å²) >= 11 is 14.6. The molecule has 3 heterocycles. The SMILES string of the molecule is O=C(c1ccc(F)cc1)C1C(c2ccc(Cl)cc2Cl)C2CSCN2C12C(=O)Nc1ccccc12. The Hall–Kier alpha value is -2.38. The third-order valence-corrected chi connectivity index (χ3v) is 8.86. The van der Waals surface area contributed by atoms with Crippen molar-refractivity contribution < 1.29 is 14.0 Å². The van der Waals surface area contributed by atoms with Gasteiger partial charge in [0.05, 0.1) is 5.92 Å². The van der Waals surface area contributed by atoms with E-state index in [1.54, 1.807) is 23.9 Å². The van der Waals surface area contributed by atoms with Gasteiger partial charge in [-0.3, -0.25) is 14.5 Å². The number of hydrogen-bond acceptors (Lipinski definition) is 4. The Kier molecular flexibility index (Phi) is 5.26. The number of para-hydroxylation sites is 1. The Morgan fingerprint density at radius 2 is 1.85 bits per heavy atom. The van der Waals surface area contributed by atoms with Crippen molar-refractivity contribution in [1.82, 2.24) is 4.90 Å². The van der Waals surface area contributed by atoms with Gasteiger partial charge >= 0.3 is 0 Å². The number of benzene rings is 3. The highest BCUT2D eigenvalue weighted by atomic mass is 35.5. The molecule has 3 aromatic carbocycles. The quantitative estimate of drug-likeness (QED) is 0.440. The Morgan fingerprint density at radius 1 is 1.09 bits per heavy atom. The molecule has 6 rings (SSSR count). The monoisotopic (exact) mass is 512 g/mol. The third-order valence-electron chi connectivity index (χ3n) is 7.26. The summed E-state index contributed by atoms with van der Waals surface area (Å²) in [4.78, 5) is 30.3. The predicted molar refractivity (Wildman–Crippen MR) is 133 cm³/mol. The molecule has 8 heteroatoms. The van der Waals surface area contributed by atoms with E-state index < -0.39 is 17.3 Å². The molecule has 3 aromatic rings. The summed E-state index contributed by atoms with van der Waals surface area (Å²) in [5.74, 6) is -0.581. The Bertz CT molecular complexity index is 1330. The van der Waals surface area contributed by atoms with Crippen LogP contribution in [0.25, 0.3) is 0 Å². The van der Waals surface area contributed by atoms with Crippen LogP contribution in [-0.4, -0.2) is 34.3 Å². The average molecular weight is 513 g/mol. The summed E-state index contributed by atoms with van der Waals surface area (Å²) in [6.07, 6.45) is 0. The van der Waals surface area contributed by atoms with Crippen molar-refractivity contribution in [3.8, 4) is 0 Å². The standard InChI is InChI=1S/C26H19Cl2FN2O2S/c27-15-7-10-17(19(28)11-15)22-21-12-34-13-31(21)26(18-3-1-2-4-20(18)30-25(26)33)23(22)24(32)14-5-8-16(29)9-6-14/h1-11,21-23H,12-13H2,(H,30,33). The van der Waals surface area contributed by atoms with E-state index in [0.29, 0.717) is 27.2 Å². The smallest absolute Gasteiger partial charge is 0.250 e. The van der Waals surface area contributed by atoms with Gasteiger partial charge in [0.1, 0.15) is 11.4 Å². The first-order valence-electron chi connectivity index (χ1n) is 10.9. The molecular weight excluding hydrogens is 494 g/mol. The van der Waals surface area contributed by atoms with Crippen molar-refractivity contribution in [3.63, 3.8) is 0 Å². The highest BCUT2D eigenvalue weighted by Gasteiger charge is 2.69. The van der Waals surface area contributed by atoms with Crippen LogP contribution >= 0.6 is 35.0 Å². The molecule has 4 unspecified atom stereocenters. The summed E-state index contributed by atoms with van der Waals surface area (Å²) in [5, 5.41) is 4.00. The zero-order chi connectivity index (χ0) is 23.6. The highest BCUT2D eigenvalue weighted by Crippen LogP contribution is 2.61. The van der Waals surface area contributed by atoms with Gasteiger partial charge in [0, 0.05) is 50.4 Å². The Balaban J connectivity index is 1.62. The molecule has 1 amide bonds. The van der Waals surface area contributed by atoms with Crippen molar-refractivity contribution in [3.05, 3.63) is 99.3 Å². The summed E-state index contributed by atoms with van der Waals surface area (Å²) in [7, 11) is 0. The zero-order valence-corrected chi connectivity index (χ0v) is 20.1. The number of amides is 1. The maximum atomic E-state index is 14.3. The minimum Gasteiger partial charge on any atom is -0.324 e. The molecule has 0 aromatic heterocycles. The largest absolute Gasteiger partial charge is 0.324 e. The van der Waals surface area contributed by atoms with E-state index in [-0.39, 0.29) is 23.7 Å². The van der Waals surface area contributed by atoms with Gasteiger partial charge < -0.3 is 5.32 Å². The third kappa shape index (κ3) is 3.02. The highest BCUT2D eigenvalue weighted by molar-refractivity contribution is 7.99. The first kappa shape index (κ1) is 22.1. The molecule has 4 nitrogen and oxygen atoms in total. The average Bonchev–Trinajstić information content (AvgIpc) is 3.48. The van der Waals surface area contributed by atoms with Crippen molar-refractivity contribution in [2.75, 3.05) is 16.9 Å². The lowest BCUT2D eigenvalue weighted by Crippen LogP contribution is -2.52. The lowest BCUT2D eigenvalue weighted by molar-refractivity contribution is -0.127. The number of hydrogen-bond donors (Lipinski definition) is 1. The van der Waals surface area contributed by atoms with E-state index >= 15 is 0 Å². The fraction of sp³-hybridized carbons (Fsp3) is 0.231. The lowest BCUT2D eigenvalue weighted by Gasteiger charge is -2.36. The van der Waals surface area contributed by atoms with E-state index in [9.17, 15) is 14.0 Å². The lowest BCUT2D eigenvalue weighted by atomic mass is 9.69. The van der Waals surface area contributed by atoms with Crippen LogP contribution < -0.4 is 5.32 Å². The van der Waals surface area contributed by atoms with Crippen molar-refractivity contribution >= 4 is 52.3 Å². The second-order valence-corrected chi connectivity index (χ2v) is 10.7. The zero-order valence-electron chi connectivity index (χ0n) is 17.8. The van der Waals surface area contributed by atoms with Gasteiger partial charge in [0.2, 0.25) is 5.91 Å². The van der Waals surface area contributed by atoms with Crippen molar-refractivity contribution in [2.24, 2.45) is 5.92 Å². The number of ketones is 1. The van der Waals surface area contributed by atoms with Gasteiger partial charge in [-0.1, -0.05) is 47.5 Å². The van der Waals surface area contributed by atoms with Crippen LogP contribution in [0.4, 0.5) is 10.1 Å². The number of Topliss-reactive ketones (excluding diaryl/α,β-unsaturated/α-hetero) is 1. The molecule has 0 radical (unpaired) electrons. The van der Waals surface area contributed by atoms with Gasteiger partial charge in [-0.25, -0.2) is 4.39 Å². The first-order chi connectivity index (χ1) is 16.4. The van der Waals surface area contributed by atoms with Gasteiger partial charge in [0.25, 0.3) is 0 Å². The molecule has 0 bridgehead atoms. The minimum atomic E-state index is -1.19. The van der Waals surface area contributed by atoms with Crippen LogP contribution in [0.2, 0.25) is 10.0 Å². The van der Waals surface area contributed by atoms with E-state index in [2.05, 4.69) is 10.2 Å². The van der Waals surface area contributed by atoms with E-state index in [0.717, 1.165) is 16.9 Å². The number of anilines is 1. The van der Waals surface area contributed by atoms with Gasteiger partial charge in [-0.15, -0.1) is 11.8 Å². The number of carbonyl (C=O) groups excluding carboxylic acids is 2. The molecule has 2 fully saturated rings. The van der Waals surface area contributed by atoms with Crippen LogP contribution in [0.15, 0.2) is 66.7 Å². The van der Waals surface area contributed by atoms with Crippen LogP contribution in [0.3, 0.4) is 0 Å². The molecule has 2 saturated heterocycles. The van der Waals surface area contributed by atoms with Crippen molar-refractivity contribution in [1.29, 1.82) is 0 Å². The number of rotatable bonds is 3. The molecule has 0 aliphatic carbocycles. The Morgan fingerprint density at radius 3 is 2.62 bits per heavy atom. The van der Waals surface area contributed by atoms with Gasteiger partial charge in [-0.2, -0.15) is 0 Å². The fourth-order valence-electron chi connectivity index (χ4n) is 5.94. The second-order valence-electron chi connectivity index (χ2n) is 8.84. The normalized spacial score (nSPS) is 27.6. The minimum absolute atomic E-state index is 0.0880. The second kappa shape index (κ2) is 8.09. The molecule has 3 aliphatic heterocycles. The summed E-state index contributed by atoms with van der Waals surface area (Å²) < 4.78 is 13.7. The van der Waals surface area contributed by atoms with E-state index in [1.165, 1.54) is 24.3 Å². The number of thioether (sulfide) groups is 1. The summed E-state index contributed by atoms with van der Waals surface area (Å²) in [6, 6.07) is 18.3. The molecule has 1 spiro atoms. The van der Waals surface area contributed by atoms with E-state index in [4.69, 9.17) is 23.2 Å². The molecular formula is C26H19Cl2FN2O2S. The molecule has 4 atom stereocenters. The predicted octanol–water partition coefficient (Wildman–Crippen LogP) is 5.95. The number of halogens is 3. The van der Waals surface area contributed by atoms with E-state index in [1.807, 2.05) is 30.3 Å². The molecule has 34 heavy (non-hydrogen) atoms. The Labute approximate surface area is 210 Å².